The van der Waals surface area contributed by atoms with Gasteiger partial charge in [-0.2, -0.15) is 5.10 Å². The summed E-state index contributed by atoms with van der Waals surface area (Å²) in [5.74, 6) is 1.26. The highest BCUT2D eigenvalue weighted by Crippen LogP contribution is 2.33. The summed E-state index contributed by atoms with van der Waals surface area (Å²) in [6, 6.07) is 14.3. The zero-order chi connectivity index (χ0) is 18.6. The lowest BCUT2D eigenvalue weighted by molar-refractivity contribution is -0.127. The van der Waals surface area contributed by atoms with Crippen molar-refractivity contribution in [2.24, 2.45) is 0 Å². The molecule has 0 spiro atoms. The van der Waals surface area contributed by atoms with Gasteiger partial charge >= 0.3 is 0 Å². The van der Waals surface area contributed by atoms with Gasteiger partial charge in [-0.15, -0.1) is 0 Å². The molecule has 2 N–H and O–H groups in total. The van der Waals surface area contributed by atoms with Gasteiger partial charge in [0.05, 0.1) is 6.20 Å². The van der Waals surface area contributed by atoms with E-state index in [2.05, 4.69) is 38.7 Å². The number of nitrogens with one attached hydrogen (secondary N) is 2. The summed E-state index contributed by atoms with van der Waals surface area (Å²) >= 11 is 0. The molecule has 6 heteroatoms. The molecule has 0 bridgehead atoms. The van der Waals surface area contributed by atoms with Crippen molar-refractivity contribution in [3.8, 4) is 11.1 Å². The van der Waals surface area contributed by atoms with E-state index in [4.69, 9.17) is 0 Å². The molecule has 1 aromatic carbocycles. The molecule has 1 aliphatic rings. The predicted molar refractivity (Wildman–Crippen MR) is 105 cm³/mol. The maximum Gasteiger partial charge on any atom is 0.219 e. The number of aromatic amines is 1. The number of H-pyrrole nitrogens is 1. The first-order valence-corrected chi connectivity index (χ1v) is 9.23. The molecule has 3 heterocycles. The minimum Gasteiger partial charge on any atom is -0.366 e. The van der Waals surface area contributed by atoms with Gasteiger partial charge in [-0.1, -0.05) is 30.3 Å². The van der Waals surface area contributed by atoms with Crippen LogP contribution >= 0.6 is 0 Å². The number of hydrogen-bond acceptors (Lipinski definition) is 4. The van der Waals surface area contributed by atoms with E-state index in [1.807, 2.05) is 41.6 Å². The topological polar surface area (TPSA) is 73.9 Å². The minimum atomic E-state index is 0.134. The van der Waals surface area contributed by atoms with Crippen LogP contribution in [0.15, 0.2) is 54.9 Å². The van der Waals surface area contributed by atoms with Crippen LogP contribution in [0.4, 0.5) is 5.82 Å². The molecule has 1 saturated heterocycles. The molecule has 0 unspecified atom stereocenters. The van der Waals surface area contributed by atoms with Crippen molar-refractivity contribution in [3.05, 3.63) is 66.1 Å². The average molecular weight is 361 g/mol. The lowest BCUT2D eigenvalue weighted by atomic mass is 9.97. The minimum absolute atomic E-state index is 0.134. The monoisotopic (exact) mass is 361 g/mol. The number of anilines is 1. The number of aromatic nitrogens is 3. The number of likely N-dealkylation sites (tertiary alicyclic amines) is 1. The summed E-state index contributed by atoms with van der Waals surface area (Å²) in [6.45, 7) is 3.91. The van der Waals surface area contributed by atoms with Crippen LogP contribution in [-0.4, -0.2) is 39.1 Å². The predicted octanol–water partition coefficient (Wildman–Crippen LogP) is 3.42. The van der Waals surface area contributed by atoms with Crippen LogP contribution in [0.1, 0.15) is 30.5 Å². The van der Waals surface area contributed by atoms with Crippen LogP contribution in [0.3, 0.4) is 0 Å². The number of carbonyl (C=O) groups excluding carboxylic acids is 1. The molecule has 2 aromatic heterocycles. The third-order valence-electron chi connectivity index (χ3n) is 5.10. The molecule has 27 heavy (non-hydrogen) atoms. The largest absolute Gasteiger partial charge is 0.366 e. The van der Waals surface area contributed by atoms with Crippen molar-refractivity contribution >= 4 is 11.7 Å². The van der Waals surface area contributed by atoms with E-state index < -0.39 is 0 Å². The summed E-state index contributed by atoms with van der Waals surface area (Å²) in [5, 5.41) is 10.8. The van der Waals surface area contributed by atoms with E-state index in [-0.39, 0.29) is 5.91 Å². The number of amides is 1. The molecule has 6 nitrogen and oxygen atoms in total. The van der Waals surface area contributed by atoms with E-state index in [1.54, 1.807) is 6.92 Å². The van der Waals surface area contributed by atoms with Crippen LogP contribution in [-0.2, 0) is 11.3 Å². The van der Waals surface area contributed by atoms with Crippen LogP contribution in [0.5, 0.6) is 0 Å². The van der Waals surface area contributed by atoms with E-state index in [1.165, 1.54) is 5.56 Å². The van der Waals surface area contributed by atoms with Gasteiger partial charge < -0.3 is 10.2 Å². The molecule has 0 radical (unpaired) electrons. The SMILES string of the molecule is CC(=O)N1CC[C@@H](c2[nH]ncc2-c2ccnc(NCc3ccccc3)c2)C1. The Bertz CT molecular complexity index is 921. The summed E-state index contributed by atoms with van der Waals surface area (Å²) in [5.41, 5.74) is 4.46. The van der Waals surface area contributed by atoms with Gasteiger partial charge in [0.25, 0.3) is 0 Å². The second-order valence-corrected chi connectivity index (χ2v) is 6.92. The van der Waals surface area contributed by atoms with E-state index >= 15 is 0 Å². The molecule has 1 amide bonds. The highest BCUT2D eigenvalue weighted by Gasteiger charge is 2.28. The molecule has 3 aromatic rings. The molecule has 1 atom stereocenters. The third kappa shape index (κ3) is 3.84. The zero-order valence-electron chi connectivity index (χ0n) is 15.4. The standard InChI is InChI=1S/C21H23N5O/c1-15(27)26-10-8-18(14-26)21-19(13-24-25-21)17-7-9-22-20(11-17)23-12-16-5-3-2-4-6-16/h2-7,9,11,13,18H,8,10,12,14H2,1H3,(H,22,23)(H,24,25)/t18-/m1/s1. The van der Waals surface area contributed by atoms with Gasteiger partial charge in [0.1, 0.15) is 5.82 Å². The third-order valence-corrected chi connectivity index (χ3v) is 5.10. The summed E-state index contributed by atoms with van der Waals surface area (Å²) < 4.78 is 0. The van der Waals surface area contributed by atoms with Crippen LogP contribution in [0.2, 0.25) is 0 Å². The molecular formula is C21H23N5O. The Balaban J connectivity index is 1.51. The Hall–Kier alpha value is -3.15. The summed E-state index contributed by atoms with van der Waals surface area (Å²) in [7, 11) is 0. The molecule has 0 aliphatic carbocycles. The highest BCUT2D eigenvalue weighted by molar-refractivity contribution is 5.74. The van der Waals surface area contributed by atoms with Crippen LogP contribution in [0.25, 0.3) is 11.1 Å². The number of carbonyl (C=O) groups is 1. The fraction of sp³-hybridized carbons (Fsp3) is 0.286. The summed E-state index contributed by atoms with van der Waals surface area (Å²) in [4.78, 5) is 18.0. The van der Waals surface area contributed by atoms with E-state index in [0.29, 0.717) is 5.92 Å². The molecule has 1 fully saturated rings. The van der Waals surface area contributed by atoms with E-state index in [0.717, 1.165) is 48.7 Å². The quantitative estimate of drug-likeness (QED) is 0.730. The summed E-state index contributed by atoms with van der Waals surface area (Å²) in [6.07, 6.45) is 4.64. The fourth-order valence-electron chi connectivity index (χ4n) is 3.60. The molecule has 138 valence electrons. The highest BCUT2D eigenvalue weighted by atomic mass is 16.2. The number of benzene rings is 1. The normalized spacial score (nSPS) is 16.5. The molecule has 1 aliphatic heterocycles. The molecule has 0 saturated carbocycles. The van der Waals surface area contributed by atoms with Crippen molar-refractivity contribution < 1.29 is 4.79 Å². The number of rotatable bonds is 5. The van der Waals surface area contributed by atoms with Crippen molar-refractivity contribution in [1.82, 2.24) is 20.1 Å². The Kier molecular flexibility index (Phi) is 4.87. The van der Waals surface area contributed by atoms with Gasteiger partial charge in [0, 0.05) is 49.9 Å². The first kappa shape index (κ1) is 17.3. The van der Waals surface area contributed by atoms with Crippen LogP contribution < -0.4 is 5.32 Å². The number of hydrogen-bond donors (Lipinski definition) is 2. The second-order valence-electron chi connectivity index (χ2n) is 6.92. The van der Waals surface area contributed by atoms with Crippen molar-refractivity contribution in [2.45, 2.75) is 25.8 Å². The van der Waals surface area contributed by atoms with E-state index in [9.17, 15) is 4.79 Å². The van der Waals surface area contributed by atoms with Crippen LogP contribution in [0, 0.1) is 0 Å². The maximum absolute atomic E-state index is 11.6. The Labute approximate surface area is 158 Å². The van der Waals surface area contributed by atoms with Gasteiger partial charge in [-0.25, -0.2) is 4.98 Å². The lowest BCUT2D eigenvalue weighted by Gasteiger charge is -2.14. The maximum atomic E-state index is 11.6. The van der Waals surface area contributed by atoms with Crippen molar-refractivity contribution in [1.29, 1.82) is 0 Å². The van der Waals surface area contributed by atoms with Crippen molar-refractivity contribution in [3.63, 3.8) is 0 Å². The average Bonchev–Trinajstić information content (AvgIpc) is 3.36. The first-order chi connectivity index (χ1) is 13.2. The Morgan fingerprint density at radius 1 is 1.30 bits per heavy atom. The van der Waals surface area contributed by atoms with Gasteiger partial charge in [-0.3, -0.25) is 9.89 Å². The van der Waals surface area contributed by atoms with Gasteiger partial charge in [0.2, 0.25) is 5.91 Å². The molecule has 4 rings (SSSR count). The lowest BCUT2D eigenvalue weighted by Crippen LogP contribution is -2.25. The van der Waals surface area contributed by atoms with Gasteiger partial charge in [-0.05, 0) is 29.7 Å². The number of nitrogens with zero attached hydrogens (tertiary/aromatic N) is 3. The van der Waals surface area contributed by atoms with Gasteiger partial charge in [0.15, 0.2) is 0 Å². The Morgan fingerprint density at radius 2 is 2.15 bits per heavy atom. The second kappa shape index (κ2) is 7.61. The molecular weight excluding hydrogens is 338 g/mol. The number of pyridine rings is 1. The fourth-order valence-corrected chi connectivity index (χ4v) is 3.60. The zero-order valence-corrected chi connectivity index (χ0v) is 15.4. The Morgan fingerprint density at radius 3 is 2.93 bits per heavy atom. The first-order valence-electron chi connectivity index (χ1n) is 9.23. The van der Waals surface area contributed by atoms with Crippen molar-refractivity contribution in [2.75, 3.05) is 18.4 Å². The smallest absolute Gasteiger partial charge is 0.219 e.